The number of carbonyl (C=O) groups excluding carboxylic acids is 1. The van der Waals surface area contributed by atoms with Gasteiger partial charge in [0.1, 0.15) is 0 Å². The number of aryl methyl sites for hydroxylation is 1. The summed E-state index contributed by atoms with van der Waals surface area (Å²) in [6, 6.07) is 12.7. The van der Waals surface area contributed by atoms with E-state index in [9.17, 15) is 4.79 Å². The van der Waals surface area contributed by atoms with Crippen LogP contribution < -0.4 is 10.6 Å². The number of carbonyl (C=O) groups is 1. The fraction of sp³-hybridized carbons (Fsp3) is 0.188. The molecule has 21 heavy (non-hydrogen) atoms. The van der Waals surface area contributed by atoms with Crippen molar-refractivity contribution >= 4 is 28.9 Å². The Morgan fingerprint density at radius 2 is 2.00 bits per heavy atom. The number of hydrogen-bond donors (Lipinski definition) is 3. The number of hydrogen-bond acceptors (Lipinski definition) is 3. The van der Waals surface area contributed by atoms with Crippen molar-refractivity contribution in [1.82, 2.24) is 0 Å². The molecule has 0 heterocycles. The van der Waals surface area contributed by atoms with Gasteiger partial charge in [0.2, 0.25) is 5.91 Å². The first-order valence-electron chi connectivity index (χ1n) is 6.59. The Kier molecular flexibility index (Phi) is 5.20. The Morgan fingerprint density at radius 3 is 2.71 bits per heavy atom. The van der Waals surface area contributed by atoms with Gasteiger partial charge < -0.3 is 15.7 Å². The summed E-state index contributed by atoms with van der Waals surface area (Å²) in [6.45, 7) is 1.99. The van der Waals surface area contributed by atoms with E-state index in [1.54, 1.807) is 12.1 Å². The van der Waals surface area contributed by atoms with Gasteiger partial charge in [-0.25, -0.2) is 0 Å². The summed E-state index contributed by atoms with van der Waals surface area (Å²) >= 11 is 6.07. The lowest BCUT2D eigenvalue weighted by Crippen LogP contribution is -2.22. The van der Waals surface area contributed by atoms with Crippen molar-refractivity contribution in [3.63, 3.8) is 0 Å². The van der Waals surface area contributed by atoms with Crippen LogP contribution in [0, 0.1) is 6.92 Å². The fourth-order valence-electron chi connectivity index (χ4n) is 1.94. The molecule has 5 heteroatoms. The van der Waals surface area contributed by atoms with Crippen LogP contribution in [-0.2, 0) is 11.4 Å². The van der Waals surface area contributed by atoms with Crippen molar-refractivity contribution in [2.75, 3.05) is 17.2 Å². The average molecular weight is 305 g/mol. The quantitative estimate of drug-likeness (QED) is 0.795. The molecule has 110 valence electrons. The van der Waals surface area contributed by atoms with Crippen LogP contribution in [0.1, 0.15) is 11.1 Å². The Labute approximate surface area is 128 Å². The normalized spacial score (nSPS) is 10.2. The predicted molar refractivity (Wildman–Crippen MR) is 85.7 cm³/mol. The Morgan fingerprint density at radius 1 is 1.24 bits per heavy atom. The molecule has 0 aliphatic rings. The number of aliphatic hydroxyl groups excluding tert-OH is 1. The van der Waals surface area contributed by atoms with E-state index < -0.39 is 0 Å². The van der Waals surface area contributed by atoms with E-state index in [1.165, 1.54) is 0 Å². The van der Waals surface area contributed by atoms with Crippen molar-refractivity contribution < 1.29 is 9.90 Å². The molecular weight excluding hydrogens is 288 g/mol. The number of anilines is 2. The third-order valence-corrected chi connectivity index (χ3v) is 3.36. The molecular formula is C16H17ClN2O2. The van der Waals surface area contributed by atoms with Crippen LogP contribution >= 0.6 is 11.6 Å². The highest BCUT2D eigenvalue weighted by Gasteiger charge is 2.08. The zero-order chi connectivity index (χ0) is 15.2. The van der Waals surface area contributed by atoms with Crippen molar-refractivity contribution in [3.8, 4) is 0 Å². The summed E-state index contributed by atoms with van der Waals surface area (Å²) in [5.74, 6) is -0.180. The molecule has 0 aliphatic heterocycles. The van der Waals surface area contributed by atoms with Crippen LogP contribution in [-0.4, -0.2) is 17.6 Å². The summed E-state index contributed by atoms with van der Waals surface area (Å²) in [5.41, 5.74) is 3.13. The molecule has 0 bridgehead atoms. The molecule has 0 aliphatic carbocycles. The van der Waals surface area contributed by atoms with E-state index in [0.29, 0.717) is 10.7 Å². The largest absolute Gasteiger partial charge is 0.392 e. The van der Waals surface area contributed by atoms with Gasteiger partial charge in [0.25, 0.3) is 0 Å². The number of benzene rings is 2. The first-order valence-corrected chi connectivity index (χ1v) is 6.96. The zero-order valence-electron chi connectivity index (χ0n) is 11.7. The fourth-order valence-corrected chi connectivity index (χ4v) is 2.20. The Hall–Kier alpha value is -2.04. The third kappa shape index (κ3) is 4.21. The van der Waals surface area contributed by atoms with E-state index in [4.69, 9.17) is 16.7 Å². The lowest BCUT2D eigenvalue weighted by molar-refractivity contribution is -0.114. The molecule has 2 aromatic carbocycles. The molecule has 0 atom stereocenters. The van der Waals surface area contributed by atoms with E-state index in [2.05, 4.69) is 10.6 Å². The molecule has 4 nitrogen and oxygen atoms in total. The van der Waals surface area contributed by atoms with Gasteiger partial charge in [0.05, 0.1) is 23.9 Å². The Balaban J connectivity index is 1.96. The van der Waals surface area contributed by atoms with Crippen LogP contribution in [0.25, 0.3) is 0 Å². The van der Waals surface area contributed by atoms with E-state index in [1.807, 2.05) is 37.3 Å². The second-order valence-electron chi connectivity index (χ2n) is 4.69. The topological polar surface area (TPSA) is 61.4 Å². The minimum atomic E-state index is -0.180. The third-order valence-electron chi connectivity index (χ3n) is 3.05. The first kappa shape index (κ1) is 15.4. The zero-order valence-corrected chi connectivity index (χ0v) is 12.4. The van der Waals surface area contributed by atoms with Gasteiger partial charge in [-0.1, -0.05) is 35.9 Å². The van der Waals surface area contributed by atoms with Gasteiger partial charge in [-0.05, 0) is 36.2 Å². The van der Waals surface area contributed by atoms with Crippen LogP contribution in [0.4, 0.5) is 11.4 Å². The summed E-state index contributed by atoms with van der Waals surface area (Å²) in [4.78, 5) is 12.0. The van der Waals surface area contributed by atoms with Gasteiger partial charge in [-0.15, -0.1) is 0 Å². The summed E-state index contributed by atoms with van der Waals surface area (Å²) in [6.07, 6.45) is 0. The molecule has 0 radical (unpaired) electrons. The first-order chi connectivity index (χ1) is 10.1. The number of rotatable bonds is 5. The summed E-state index contributed by atoms with van der Waals surface area (Å²) in [7, 11) is 0. The van der Waals surface area contributed by atoms with Crippen molar-refractivity contribution in [2.24, 2.45) is 0 Å². The molecule has 1 amide bonds. The molecule has 0 spiro atoms. The number of nitrogens with one attached hydrogen (secondary N) is 2. The predicted octanol–water partition coefficient (Wildman–Crippen LogP) is 3.19. The Bertz CT molecular complexity index is 624. The number of aliphatic hydroxyl groups is 1. The van der Waals surface area contributed by atoms with Crippen molar-refractivity contribution in [1.29, 1.82) is 0 Å². The second kappa shape index (κ2) is 7.11. The highest BCUT2D eigenvalue weighted by atomic mass is 35.5. The number of amides is 1. The average Bonchev–Trinajstić information content (AvgIpc) is 2.49. The van der Waals surface area contributed by atoms with Crippen molar-refractivity contribution in [3.05, 3.63) is 58.6 Å². The molecule has 2 aromatic rings. The smallest absolute Gasteiger partial charge is 0.243 e. The van der Waals surface area contributed by atoms with Crippen LogP contribution in [0.2, 0.25) is 5.02 Å². The summed E-state index contributed by atoms with van der Waals surface area (Å²) < 4.78 is 0. The highest BCUT2D eigenvalue weighted by molar-refractivity contribution is 6.33. The lowest BCUT2D eigenvalue weighted by Gasteiger charge is -2.11. The second-order valence-corrected chi connectivity index (χ2v) is 5.10. The maximum atomic E-state index is 12.0. The maximum Gasteiger partial charge on any atom is 0.243 e. The van der Waals surface area contributed by atoms with Gasteiger partial charge in [0, 0.05) is 5.69 Å². The highest BCUT2D eigenvalue weighted by Crippen LogP contribution is 2.25. The number of halogens is 1. The maximum absolute atomic E-state index is 12.0. The lowest BCUT2D eigenvalue weighted by atomic mass is 10.2. The van der Waals surface area contributed by atoms with Crippen LogP contribution in [0.5, 0.6) is 0 Å². The van der Waals surface area contributed by atoms with Gasteiger partial charge in [-0.2, -0.15) is 0 Å². The minimum absolute atomic E-state index is 0.0272. The SMILES string of the molecule is Cc1cccc(Cl)c1NC(=O)CNc1cccc(CO)c1. The summed E-state index contributed by atoms with van der Waals surface area (Å²) in [5, 5.41) is 15.4. The monoisotopic (exact) mass is 304 g/mol. The van der Waals surface area contributed by atoms with Gasteiger partial charge in [0.15, 0.2) is 0 Å². The molecule has 0 aromatic heterocycles. The standard InChI is InChI=1S/C16H17ClN2O2/c1-11-4-2-7-14(17)16(11)19-15(21)9-18-13-6-3-5-12(8-13)10-20/h2-8,18,20H,9-10H2,1H3,(H,19,21). The van der Waals surface area contributed by atoms with E-state index in [0.717, 1.165) is 16.8 Å². The molecule has 3 N–H and O–H groups in total. The molecule has 0 fully saturated rings. The van der Waals surface area contributed by atoms with E-state index >= 15 is 0 Å². The van der Waals surface area contributed by atoms with Crippen LogP contribution in [0.3, 0.4) is 0 Å². The van der Waals surface area contributed by atoms with Gasteiger partial charge in [-0.3, -0.25) is 4.79 Å². The molecule has 2 rings (SSSR count). The number of para-hydroxylation sites is 1. The minimum Gasteiger partial charge on any atom is -0.392 e. The van der Waals surface area contributed by atoms with Crippen molar-refractivity contribution in [2.45, 2.75) is 13.5 Å². The van der Waals surface area contributed by atoms with Crippen LogP contribution in [0.15, 0.2) is 42.5 Å². The molecule has 0 saturated heterocycles. The molecule has 0 saturated carbocycles. The van der Waals surface area contributed by atoms with Gasteiger partial charge >= 0.3 is 0 Å². The molecule has 0 unspecified atom stereocenters. The van der Waals surface area contributed by atoms with E-state index in [-0.39, 0.29) is 19.1 Å².